The molecule has 0 bridgehead atoms. The molecule has 3 aromatic rings. The minimum atomic E-state index is -3.37. The average molecular weight is 409 g/mol. The highest BCUT2D eigenvalue weighted by Crippen LogP contribution is 2.26. The molecule has 0 radical (unpaired) electrons. The molecular weight excluding hydrogens is 384 g/mol. The smallest absolute Gasteiger partial charge is 0.227 e. The van der Waals surface area contributed by atoms with E-state index in [4.69, 9.17) is 0 Å². The molecule has 0 atom stereocenters. The molecular formula is C23H24N2O3S. The Morgan fingerprint density at radius 2 is 1.55 bits per heavy atom. The number of carbonyl (C=O) groups is 1. The molecule has 150 valence electrons. The predicted molar refractivity (Wildman–Crippen MR) is 116 cm³/mol. The lowest BCUT2D eigenvalue weighted by Gasteiger charge is -2.30. The number of piperidine rings is 1. The number of anilines is 1. The first-order valence-corrected chi connectivity index (χ1v) is 11.4. The Labute approximate surface area is 171 Å². The molecule has 5 nitrogen and oxygen atoms in total. The van der Waals surface area contributed by atoms with Crippen molar-refractivity contribution in [2.45, 2.75) is 18.6 Å². The quantitative estimate of drug-likeness (QED) is 0.693. The van der Waals surface area contributed by atoms with Gasteiger partial charge in [0.05, 0.1) is 5.75 Å². The van der Waals surface area contributed by atoms with Crippen molar-refractivity contribution in [3.8, 4) is 0 Å². The summed E-state index contributed by atoms with van der Waals surface area (Å²) < 4.78 is 26.9. The zero-order valence-electron chi connectivity index (χ0n) is 16.1. The van der Waals surface area contributed by atoms with E-state index in [0.29, 0.717) is 25.9 Å². The Bertz CT molecular complexity index is 1100. The van der Waals surface area contributed by atoms with Crippen molar-refractivity contribution < 1.29 is 13.2 Å². The van der Waals surface area contributed by atoms with Crippen LogP contribution in [0.15, 0.2) is 72.8 Å². The Kier molecular flexibility index (Phi) is 5.65. The van der Waals surface area contributed by atoms with E-state index in [1.54, 1.807) is 0 Å². The van der Waals surface area contributed by atoms with Crippen LogP contribution in [0.1, 0.15) is 18.4 Å². The molecule has 3 aromatic carbocycles. The van der Waals surface area contributed by atoms with E-state index >= 15 is 0 Å². The van der Waals surface area contributed by atoms with Crippen LogP contribution in [0.25, 0.3) is 10.8 Å². The van der Waals surface area contributed by atoms with E-state index in [-0.39, 0.29) is 17.6 Å². The van der Waals surface area contributed by atoms with Crippen molar-refractivity contribution in [3.63, 3.8) is 0 Å². The zero-order chi connectivity index (χ0) is 20.3. The number of hydrogen-bond acceptors (Lipinski definition) is 3. The van der Waals surface area contributed by atoms with Gasteiger partial charge in [-0.25, -0.2) is 12.7 Å². The molecule has 6 heteroatoms. The van der Waals surface area contributed by atoms with Crippen LogP contribution in [0.4, 0.5) is 5.69 Å². The minimum Gasteiger partial charge on any atom is -0.325 e. The van der Waals surface area contributed by atoms with Gasteiger partial charge in [0.1, 0.15) is 0 Å². The standard InChI is InChI=1S/C23H24N2O3S/c26-23(24-22-12-6-10-19-9-4-5-11-21(19)22)20-13-15-25(16-14-20)29(27,28)17-18-7-2-1-3-8-18/h1-12,20H,13-17H2,(H,24,26). The summed E-state index contributed by atoms with van der Waals surface area (Å²) in [5.74, 6) is -0.223. The minimum absolute atomic E-state index is 0.000702. The van der Waals surface area contributed by atoms with Gasteiger partial charge in [0.25, 0.3) is 0 Å². The molecule has 1 saturated heterocycles. The molecule has 0 aliphatic carbocycles. The second-order valence-electron chi connectivity index (χ2n) is 7.43. The maximum absolute atomic E-state index is 12.8. The lowest BCUT2D eigenvalue weighted by Crippen LogP contribution is -2.41. The van der Waals surface area contributed by atoms with Gasteiger partial charge in [0.2, 0.25) is 15.9 Å². The second kappa shape index (κ2) is 8.35. The maximum Gasteiger partial charge on any atom is 0.227 e. The number of carbonyl (C=O) groups excluding carboxylic acids is 1. The molecule has 1 N–H and O–H groups in total. The number of rotatable bonds is 5. The number of nitrogens with one attached hydrogen (secondary N) is 1. The van der Waals surface area contributed by atoms with Gasteiger partial charge in [-0.3, -0.25) is 4.79 Å². The van der Waals surface area contributed by atoms with Crippen molar-refractivity contribution in [1.82, 2.24) is 4.31 Å². The summed E-state index contributed by atoms with van der Waals surface area (Å²) in [4.78, 5) is 12.8. The van der Waals surface area contributed by atoms with Crippen LogP contribution in [-0.4, -0.2) is 31.7 Å². The van der Waals surface area contributed by atoms with E-state index in [1.807, 2.05) is 72.8 Å². The summed E-state index contributed by atoms with van der Waals surface area (Å²) in [6, 6.07) is 23.0. The van der Waals surface area contributed by atoms with E-state index in [1.165, 1.54) is 4.31 Å². The summed E-state index contributed by atoms with van der Waals surface area (Å²) in [5.41, 5.74) is 1.58. The van der Waals surface area contributed by atoms with Crippen LogP contribution in [0, 0.1) is 5.92 Å². The van der Waals surface area contributed by atoms with E-state index in [9.17, 15) is 13.2 Å². The third kappa shape index (κ3) is 4.49. The first-order valence-electron chi connectivity index (χ1n) is 9.83. The molecule has 0 saturated carbocycles. The van der Waals surface area contributed by atoms with Gasteiger partial charge in [-0.15, -0.1) is 0 Å². The lowest BCUT2D eigenvalue weighted by atomic mass is 9.97. The molecule has 1 aliphatic heterocycles. The van der Waals surface area contributed by atoms with Gasteiger partial charge in [0, 0.05) is 30.1 Å². The van der Waals surface area contributed by atoms with Crippen LogP contribution in [0.3, 0.4) is 0 Å². The van der Waals surface area contributed by atoms with Crippen LogP contribution in [0.5, 0.6) is 0 Å². The van der Waals surface area contributed by atoms with Crippen LogP contribution < -0.4 is 5.32 Å². The third-order valence-electron chi connectivity index (χ3n) is 5.46. The second-order valence-corrected chi connectivity index (χ2v) is 9.40. The molecule has 1 amide bonds. The van der Waals surface area contributed by atoms with E-state index in [0.717, 1.165) is 22.0 Å². The van der Waals surface area contributed by atoms with Crippen molar-refractivity contribution in [3.05, 3.63) is 78.4 Å². The van der Waals surface area contributed by atoms with Gasteiger partial charge in [-0.05, 0) is 29.9 Å². The molecule has 29 heavy (non-hydrogen) atoms. The Hall–Kier alpha value is -2.70. The summed E-state index contributed by atoms with van der Waals surface area (Å²) in [6.45, 7) is 0.756. The molecule has 0 unspecified atom stereocenters. The fraction of sp³-hybridized carbons (Fsp3) is 0.261. The van der Waals surface area contributed by atoms with Gasteiger partial charge in [-0.2, -0.15) is 0 Å². The third-order valence-corrected chi connectivity index (χ3v) is 7.31. The number of hydrogen-bond donors (Lipinski definition) is 1. The monoisotopic (exact) mass is 408 g/mol. The van der Waals surface area contributed by atoms with Crippen LogP contribution in [-0.2, 0) is 20.6 Å². The summed E-state index contributed by atoms with van der Waals surface area (Å²) >= 11 is 0. The average Bonchev–Trinajstić information content (AvgIpc) is 2.74. The molecule has 1 fully saturated rings. The fourth-order valence-corrected chi connectivity index (χ4v) is 5.40. The number of sulfonamides is 1. The first kappa shape index (κ1) is 19.6. The zero-order valence-corrected chi connectivity index (χ0v) is 16.9. The SMILES string of the molecule is O=C(Nc1cccc2ccccc12)C1CCN(S(=O)(=O)Cc2ccccc2)CC1. The van der Waals surface area contributed by atoms with Crippen LogP contribution >= 0.6 is 0 Å². The van der Waals surface area contributed by atoms with Crippen molar-refractivity contribution in [2.24, 2.45) is 5.92 Å². The normalized spacial score (nSPS) is 16.0. The number of nitrogens with zero attached hydrogens (tertiary/aromatic N) is 1. The number of benzene rings is 3. The maximum atomic E-state index is 12.8. The van der Waals surface area contributed by atoms with Gasteiger partial charge in [0.15, 0.2) is 0 Å². The number of fused-ring (bicyclic) bond motifs is 1. The Morgan fingerprint density at radius 3 is 2.31 bits per heavy atom. The molecule has 1 aliphatic rings. The summed E-state index contributed by atoms with van der Waals surface area (Å²) in [6.07, 6.45) is 1.06. The Balaban J connectivity index is 1.38. The van der Waals surface area contributed by atoms with E-state index in [2.05, 4.69) is 5.32 Å². The van der Waals surface area contributed by atoms with Crippen molar-refractivity contribution >= 4 is 32.4 Å². The number of amides is 1. The predicted octanol–water partition coefficient (Wildman–Crippen LogP) is 4.02. The van der Waals surface area contributed by atoms with Crippen molar-refractivity contribution in [2.75, 3.05) is 18.4 Å². The largest absolute Gasteiger partial charge is 0.325 e. The molecule has 0 spiro atoms. The van der Waals surface area contributed by atoms with E-state index < -0.39 is 10.0 Å². The summed E-state index contributed by atoms with van der Waals surface area (Å²) in [5, 5.41) is 5.12. The van der Waals surface area contributed by atoms with Crippen LogP contribution in [0.2, 0.25) is 0 Å². The Morgan fingerprint density at radius 1 is 0.897 bits per heavy atom. The highest BCUT2D eigenvalue weighted by molar-refractivity contribution is 7.88. The fourth-order valence-electron chi connectivity index (χ4n) is 3.84. The first-order chi connectivity index (χ1) is 14.0. The van der Waals surface area contributed by atoms with Crippen molar-refractivity contribution in [1.29, 1.82) is 0 Å². The highest BCUT2D eigenvalue weighted by atomic mass is 32.2. The van der Waals surface area contributed by atoms with Gasteiger partial charge >= 0.3 is 0 Å². The molecule has 0 aromatic heterocycles. The highest BCUT2D eigenvalue weighted by Gasteiger charge is 2.31. The summed E-state index contributed by atoms with van der Waals surface area (Å²) in [7, 11) is -3.37. The van der Waals surface area contributed by atoms with Gasteiger partial charge < -0.3 is 5.32 Å². The topological polar surface area (TPSA) is 66.5 Å². The van der Waals surface area contributed by atoms with Gasteiger partial charge in [-0.1, -0.05) is 66.7 Å². The lowest BCUT2D eigenvalue weighted by molar-refractivity contribution is -0.120. The molecule has 1 heterocycles. The molecule has 4 rings (SSSR count).